The second kappa shape index (κ2) is 12.8. The predicted molar refractivity (Wildman–Crippen MR) is 139 cm³/mol. The smallest absolute Gasteiger partial charge is 0.493 e. The van der Waals surface area contributed by atoms with Crippen molar-refractivity contribution in [3.05, 3.63) is 72.8 Å². The highest BCUT2D eigenvalue weighted by molar-refractivity contribution is 5.93. The summed E-state index contributed by atoms with van der Waals surface area (Å²) in [5.74, 6) is -0.454. The number of esters is 1. The normalized spacial score (nSPS) is 22.1. The van der Waals surface area contributed by atoms with Crippen LogP contribution in [0.25, 0.3) is 0 Å². The van der Waals surface area contributed by atoms with Gasteiger partial charge in [0.15, 0.2) is 0 Å². The van der Waals surface area contributed by atoms with Crippen LogP contribution in [-0.2, 0) is 16.1 Å². The maximum absolute atomic E-state index is 12.5. The van der Waals surface area contributed by atoms with Crippen molar-refractivity contribution in [3.8, 4) is 11.5 Å². The van der Waals surface area contributed by atoms with Crippen LogP contribution in [0.4, 0.5) is 13.2 Å². The standard InChI is InChI=1S/C28H31F3N4O5/c1-27(14-15-38-26(36)20-6-4-3-5-7-20)13-12-21(24(25(27)34-37-2)16-35-19-32-18-33-35)17-39-22-8-10-23(11-9-22)40-28(29,30)31/h3-11,18-19,21,24H,12-17H2,1-2H3/t21-,24-,27-/m0/s1. The van der Waals surface area contributed by atoms with Crippen molar-refractivity contribution in [1.82, 2.24) is 14.8 Å². The van der Waals surface area contributed by atoms with Crippen molar-refractivity contribution in [2.45, 2.75) is 39.1 Å². The first kappa shape index (κ1) is 28.9. The van der Waals surface area contributed by atoms with Gasteiger partial charge in [0.25, 0.3) is 0 Å². The molecule has 12 heteroatoms. The van der Waals surface area contributed by atoms with E-state index in [0.29, 0.717) is 30.9 Å². The molecule has 0 saturated heterocycles. The summed E-state index contributed by atoms with van der Waals surface area (Å²) in [5.41, 5.74) is 0.863. The molecule has 0 unspecified atom stereocenters. The number of aromatic nitrogens is 3. The summed E-state index contributed by atoms with van der Waals surface area (Å²) in [5, 5.41) is 8.70. The minimum Gasteiger partial charge on any atom is -0.493 e. The lowest BCUT2D eigenvalue weighted by Crippen LogP contribution is -2.46. The number of benzene rings is 2. The van der Waals surface area contributed by atoms with E-state index in [9.17, 15) is 18.0 Å². The van der Waals surface area contributed by atoms with Crippen molar-refractivity contribution < 1.29 is 37.0 Å². The van der Waals surface area contributed by atoms with E-state index in [-0.39, 0.29) is 30.2 Å². The van der Waals surface area contributed by atoms with Gasteiger partial charge in [-0.2, -0.15) is 5.10 Å². The number of hydrogen-bond acceptors (Lipinski definition) is 8. The highest BCUT2D eigenvalue weighted by atomic mass is 19.4. The summed E-state index contributed by atoms with van der Waals surface area (Å²) in [6.45, 7) is 3.04. The SMILES string of the molecule is CON=C1[C@@H](Cn2cncn2)[C@H](COc2ccc(OC(F)(F)F)cc2)CC[C@@]1(C)CCOC(=O)c1ccccc1. The Balaban J connectivity index is 1.46. The third kappa shape index (κ3) is 7.73. The summed E-state index contributed by atoms with van der Waals surface area (Å²) < 4.78 is 54.6. The third-order valence-electron chi connectivity index (χ3n) is 7.06. The summed E-state index contributed by atoms with van der Waals surface area (Å²) in [6.07, 6.45) is 0.348. The average Bonchev–Trinajstić information content (AvgIpc) is 3.44. The van der Waals surface area contributed by atoms with Crippen molar-refractivity contribution in [2.24, 2.45) is 22.4 Å². The first-order valence-corrected chi connectivity index (χ1v) is 12.8. The molecule has 214 valence electrons. The zero-order valence-corrected chi connectivity index (χ0v) is 22.2. The van der Waals surface area contributed by atoms with E-state index in [1.165, 1.54) is 37.7 Å². The van der Waals surface area contributed by atoms with Gasteiger partial charge in [-0.05, 0) is 55.7 Å². The summed E-state index contributed by atoms with van der Waals surface area (Å²) in [4.78, 5) is 21.8. The van der Waals surface area contributed by atoms with E-state index < -0.39 is 11.8 Å². The van der Waals surface area contributed by atoms with E-state index in [0.717, 1.165) is 18.6 Å². The molecule has 2 aromatic carbocycles. The molecule has 1 heterocycles. The van der Waals surface area contributed by atoms with Gasteiger partial charge in [0.2, 0.25) is 0 Å². The quantitative estimate of drug-likeness (QED) is 0.224. The van der Waals surface area contributed by atoms with E-state index in [1.54, 1.807) is 35.3 Å². The summed E-state index contributed by atoms with van der Waals surface area (Å²) >= 11 is 0. The van der Waals surface area contributed by atoms with Crippen molar-refractivity contribution in [3.63, 3.8) is 0 Å². The Morgan fingerprint density at radius 2 is 1.85 bits per heavy atom. The molecule has 1 aromatic heterocycles. The molecule has 0 radical (unpaired) electrons. The molecular weight excluding hydrogens is 529 g/mol. The van der Waals surface area contributed by atoms with Crippen LogP contribution in [0.5, 0.6) is 11.5 Å². The highest BCUT2D eigenvalue weighted by Crippen LogP contribution is 2.43. The Bertz CT molecular complexity index is 1250. The van der Waals surface area contributed by atoms with Gasteiger partial charge in [-0.25, -0.2) is 9.78 Å². The van der Waals surface area contributed by atoms with Crippen molar-refractivity contribution in [1.29, 1.82) is 0 Å². The van der Waals surface area contributed by atoms with Gasteiger partial charge in [-0.3, -0.25) is 4.68 Å². The number of ether oxygens (including phenoxy) is 3. The van der Waals surface area contributed by atoms with Crippen LogP contribution in [0.3, 0.4) is 0 Å². The maximum Gasteiger partial charge on any atom is 0.573 e. The topological polar surface area (TPSA) is 97.1 Å². The second-order valence-corrected chi connectivity index (χ2v) is 9.82. The predicted octanol–water partition coefficient (Wildman–Crippen LogP) is 5.54. The highest BCUT2D eigenvalue weighted by Gasteiger charge is 2.45. The molecule has 0 spiro atoms. The lowest BCUT2D eigenvalue weighted by molar-refractivity contribution is -0.274. The number of nitrogens with zero attached hydrogens (tertiary/aromatic N) is 4. The van der Waals surface area contributed by atoms with E-state index in [2.05, 4.69) is 26.9 Å². The first-order valence-electron chi connectivity index (χ1n) is 12.8. The molecule has 0 aliphatic heterocycles. The Kier molecular flexibility index (Phi) is 9.28. The minimum absolute atomic E-state index is 0.0101. The fourth-order valence-corrected chi connectivity index (χ4v) is 4.96. The van der Waals surface area contributed by atoms with Crippen LogP contribution in [-0.4, -0.2) is 53.1 Å². The Morgan fingerprint density at radius 1 is 1.12 bits per heavy atom. The van der Waals surface area contributed by atoms with Crippen LogP contribution < -0.4 is 9.47 Å². The second-order valence-electron chi connectivity index (χ2n) is 9.82. The molecular formula is C28H31F3N4O5. The number of hydrogen-bond donors (Lipinski definition) is 0. The lowest BCUT2D eigenvalue weighted by Gasteiger charge is -2.43. The summed E-state index contributed by atoms with van der Waals surface area (Å²) in [6, 6.07) is 14.1. The molecule has 0 bridgehead atoms. The van der Waals surface area contributed by atoms with Crippen LogP contribution in [0, 0.1) is 17.3 Å². The Labute approximate surface area is 229 Å². The third-order valence-corrected chi connectivity index (χ3v) is 7.06. The van der Waals surface area contributed by atoms with E-state index in [4.69, 9.17) is 14.3 Å². The Morgan fingerprint density at radius 3 is 2.50 bits per heavy atom. The molecule has 1 aliphatic rings. The van der Waals surface area contributed by atoms with Crippen LogP contribution in [0.1, 0.15) is 36.5 Å². The number of carbonyl (C=O) groups is 1. The van der Waals surface area contributed by atoms with Gasteiger partial charge in [0.1, 0.15) is 31.3 Å². The van der Waals surface area contributed by atoms with Crippen LogP contribution >= 0.6 is 0 Å². The molecule has 3 atom stereocenters. The van der Waals surface area contributed by atoms with E-state index in [1.807, 2.05) is 6.07 Å². The van der Waals surface area contributed by atoms with E-state index >= 15 is 0 Å². The monoisotopic (exact) mass is 560 g/mol. The number of rotatable bonds is 11. The number of oxime groups is 1. The lowest BCUT2D eigenvalue weighted by atomic mass is 9.63. The number of alkyl halides is 3. The fraction of sp³-hybridized carbons (Fsp3) is 0.429. The zero-order chi connectivity index (χ0) is 28.6. The molecule has 3 aromatic rings. The average molecular weight is 561 g/mol. The van der Waals surface area contributed by atoms with Gasteiger partial charge in [0.05, 0.1) is 31.0 Å². The maximum atomic E-state index is 12.5. The number of halogens is 3. The van der Waals surface area contributed by atoms with Gasteiger partial charge in [-0.15, -0.1) is 13.2 Å². The van der Waals surface area contributed by atoms with Gasteiger partial charge < -0.3 is 19.0 Å². The molecule has 4 rings (SSSR count). The van der Waals surface area contributed by atoms with Crippen LogP contribution in [0.2, 0.25) is 0 Å². The molecule has 0 amide bonds. The number of carbonyl (C=O) groups excluding carboxylic acids is 1. The largest absolute Gasteiger partial charge is 0.573 e. The first-order chi connectivity index (χ1) is 19.2. The summed E-state index contributed by atoms with van der Waals surface area (Å²) in [7, 11) is 1.49. The van der Waals surface area contributed by atoms with Crippen molar-refractivity contribution in [2.75, 3.05) is 20.3 Å². The molecule has 1 aliphatic carbocycles. The fourth-order valence-electron chi connectivity index (χ4n) is 4.96. The molecule has 1 saturated carbocycles. The minimum atomic E-state index is -4.76. The molecule has 1 fully saturated rings. The Hall–Kier alpha value is -4.09. The van der Waals surface area contributed by atoms with Crippen molar-refractivity contribution >= 4 is 11.7 Å². The molecule has 40 heavy (non-hydrogen) atoms. The molecule has 9 nitrogen and oxygen atoms in total. The van der Waals surface area contributed by atoms with Gasteiger partial charge >= 0.3 is 12.3 Å². The molecule has 0 N–H and O–H groups in total. The zero-order valence-electron chi connectivity index (χ0n) is 22.2. The van der Waals surface area contributed by atoms with Gasteiger partial charge in [-0.1, -0.05) is 30.3 Å². The van der Waals surface area contributed by atoms with Crippen LogP contribution in [0.15, 0.2) is 72.4 Å². The van der Waals surface area contributed by atoms with Gasteiger partial charge in [0, 0.05) is 17.3 Å².